The maximum absolute atomic E-state index is 8.75. The second-order valence-corrected chi connectivity index (χ2v) is 3.75. The van der Waals surface area contributed by atoms with Crippen LogP contribution in [0, 0.1) is 0 Å². The number of nitrogens with zero attached hydrogens (tertiary/aromatic N) is 2. The van der Waals surface area contributed by atoms with Crippen LogP contribution in [0.2, 0.25) is 0 Å². The Morgan fingerprint density at radius 2 is 1.75 bits per heavy atom. The summed E-state index contributed by atoms with van der Waals surface area (Å²) in [6.45, 7) is 2.17. The monoisotopic (exact) mass is 248 g/mol. The minimum absolute atomic E-state index is 0. The highest BCUT2D eigenvalue weighted by Crippen LogP contribution is 1.98. The molecule has 0 aromatic carbocycles. The molecule has 0 saturated carbocycles. The number of aromatic nitrogens is 2. The summed E-state index contributed by atoms with van der Waals surface area (Å²) in [5, 5.41) is 17.4. The van der Waals surface area contributed by atoms with Gasteiger partial charge in [0.05, 0.1) is 13.2 Å². The first kappa shape index (κ1) is 15.4. The Hall–Kier alpha value is -0.580. The predicted octanol–water partition coefficient (Wildman–Crippen LogP) is -2.68. The Balaban J connectivity index is 0.00000225. The molecule has 4 nitrogen and oxygen atoms in total. The highest BCUT2D eigenvalue weighted by molar-refractivity contribution is 4.65. The van der Waals surface area contributed by atoms with Crippen LogP contribution in [-0.2, 0) is 13.1 Å². The van der Waals surface area contributed by atoms with Gasteiger partial charge in [-0.3, -0.25) is 0 Å². The highest BCUT2D eigenvalue weighted by atomic mass is 35.5. The molecular formula is C11H21ClN2O2. The van der Waals surface area contributed by atoms with Crippen molar-refractivity contribution in [2.75, 3.05) is 13.2 Å². The molecule has 0 radical (unpaired) electrons. The van der Waals surface area contributed by atoms with Crippen molar-refractivity contribution in [3.63, 3.8) is 0 Å². The Labute approximate surface area is 103 Å². The van der Waals surface area contributed by atoms with E-state index in [1.165, 1.54) is 6.42 Å². The van der Waals surface area contributed by atoms with Crippen molar-refractivity contribution in [3.05, 3.63) is 18.7 Å². The fraction of sp³-hybridized carbons (Fsp3) is 0.727. The summed E-state index contributed by atoms with van der Waals surface area (Å²) in [5.41, 5.74) is 0. The quantitative estimate of drug-likeness (QED) is 0.389. The standard InChI is InChI=1S/C11H21N2O2.ClH/c14-9-4-2-1-3-5-12-6-7-13(11-12)8-10-15;/h6-7,11,14-15H,1-5,8-10H2;1H/q+1;/p-1. The average Bonchev–Trinajstić information content (AvgIpc) is 2.66. The molecule has 0 bridgehead atoms. The lowest BCUT2D eigenvalue weighted by atomic mass is 10.2. The SMILES string of the molecule is OCCCCCC[n+]1ccn(CCO)c1.[Cl-]. The lowest BCUT2D eigenvalue weighted by Crippen LogP contribution is -3.00. The number of hydrogen-bond acceptors (Lipinski definition) is 2. The Kier molecular flexibility index (Phi) is 9.28. The molecule has 0 aliphatic heterocycles. The van der Waals surface area contributed by atoms with E-state index in [9.17, 15) is 0 Å². The molecule has 0 aliphatic carbocycles. The number of hydrogen-bond donors (Lipinski definition) is 2. The molecule has 16 heavy (non-hydrogen) atoms. The molecule has 2 N–H and O–H groups in total. The predicted molar refractivity (Wildman–Crippen MR) is 57.3 cm³/mol. The number of halogens is 1. The van der Waals surface area contributed by atoms with E-state index in [1.54, 1.807) is 0 Å². The first-order chi connectivity index (χ1) is 7.36. The summed E-state index contributed by atoms with van der Waals surface area (Å²) in [5.74, 6) is 0. The summed E-state index contributed by atoms with van der Waals surface area (Å²) in [4.78, 5) is 0. The Morgan fingerprint density at radius 3 is 2.44 bits per heavy atom. The summed E-state index contributed by atoms with van der Waals surface area (Å²) in [6.07, 6.45) is 10.4. The van der Waals surface area contributed by atoms with Crippen molar-refractivity contribution in [2.24, 2.45) is 0 Å². The van der Waals surface area contributed by atoms with Gasteiger partial charge in [-0.15, -0.1) is 0 Å². The fourth-order valence-corrected chi connectivity index (χ4v) is 1.58. The van der Waals surface area contributed by atoms with Crippen molar-refractivity contribution in [1.29, 1.82) is 0 Å². The van der Waals surface area contributed by atoms with E-state index in [0.717, 1.165) is 25.8 Å². The molecule has 0 fully saturated rings. The molecule has 0 saturated heterocycles. The summed E-state index contributed by atoms with van der Waals surface area (Å²) in [7, 11) is 0. The van der Waals surface area contributed by atoms with Crippen molar-refractivity contribution < 1.29 is 27.2 Å². The summed E-state index contributed by atoms with van der Waals surface area (Å²) >= 11 is 0. The molecule has 1 aromatic rings. The van der Waals surface area contributed by atoms with E-state index < -0.39 is 0 Å². The Morgan fingerprint density at radius 1 is 1.00 bits per heavy atom. The molecule has 1 heterocycles. The second-order valence-electron chi connectivity index (χ2n) is 3.75. The zero-order chi connectivity index (χ0) is 10.9. The van der Waals surface area contributed by atoms with Crippen LogP contribution in [0.15, 0.2) is 18.7 Å². The lowest BCUT2D eigenvalue weighted by Gasteiger charge is -1.97. The molecule has 0 spiro atoms. The smallest absolute Gasteiger partial charge is 0.243 e. The number of aliphatic hydroxyl groups excluding tert-OH is 2. The Bertz CT molecular complexity index is 266. The molecule has 0 atom stereocenters. The van der Waals surface area contributed by atoms with Gasteiger partial charge in [0.15, 0.2) is 0 Å². The van der Waals surface area contributed by atoms with Crippen molar-refractivity contribution in [2.45, 2.75) is 38.8 Å². The highest BCUT2D eigenvalue weighted by Gasteiger charge is 2.01. The zero-order valence-electron chi connectivity index (χ0n) is 9.56. The molecular weight excluding hydrogens is 228 g/mol. The second kappa shape index (κ2) is 9.63. The van der Waals surface area contributed by atoms with E-state index in [2.05, 4.69) is 4.57 Å². The minimum atomic E-state index is 0. The molecule has 5 heteroatoms. The number of aryl methyl sites for hydroxylation is 1. The molecule has 94 valence electrons. The summed E-state index contributed by atoms with van der Waals surface area (Å²) in [6, 6.07) is 0. The number of unbranched alkanes of at least 4 members (excludes halogenated alkanes) is 3. The normalized spacial score (nSPS) is 10.1. The van der Waals surface area contributed by atoms with Crippen LogP contribution < -0.4 is 17.0 Å². The van der Waals surface area contributed by atoms with Crippen LogP contribution in [-0.4, -0.2) is 28.0 Å². The molecule has 1 aromatic heterocycles. The minimum Gasteiger partial charge on any atom is -1.00 e. The maximum Gasteiger partial charge on any atom is 0.243 e. The largest absolute Gasteiger partial charge is 1.00 e. The van der Waals surface area contributed by atoms with Crippen LogP contribution in [0.5, 0.6) is 0 Å². The third-order valence-corrected chi connectivity index (χ3v) is 2.43. The van der Waals surface area contributed by atoms with E-state index >= 15 is 0 Å². The number of rotatable bonds is 8. The van der Waals surface area contributed by atoms with Gasteiger partial charge in [-0.05, 0) is 19.3 Å². The van der Waals surface area contributed by atoms with Gasteiger partial charge in [-0.1, -0.05) is 6.42 Å². The van der Waals surface area contributed by atoms with E-state index in [-0.39, 0.29) is 19.0 Å². The molecule has 0 aliphatic rings. The maximum atomic E-state index is 8.75. The molecule has 1 rings (SSSR count). The van der Waals surface area contributed by atoms with Gasteiger partial charge in [0.2, 0.25) is 6.33 Å². The average molecular weight is 249 g/mol. The van der Waals surface area contributed by atoms with E-state index in [4.69, 9.17) is 10.2 Å². The van der Waals surface area contributed by atoms with Crippen LogP contribution in [0.4, 0.5) is 0 Å². The van der Waals surface area contributed by atoms with Crippen LogP contribution in [0.1, 0.15) is 25.7 Å². The topological polar surface area (TPSA) is 49.3 Å². The van der Waals surface area contributed by atoms with Gasteiger partial charge in [0.1, 0.15) is 18.9 Å². The molecule has 0 amide bonds. The molecule has 0 unspecified atom stereocenters. The third kappa shape index (κ3) is 6.10. The van der Waals surface area contributed by atoms with E-state index in [1.807, 2.05) is 23.3 Å². The van der Waals surface area contributed by atoms with Crippen LogP contribution in [0.3, 0.4) is 0 Å². The fourth-order valence-electron chi connectivity index (χ4n) is 1.58. The van der Waals surface area contributed by atoms with Crippen molar-refractivity contribution in [3.8, 4) is 0 Å². The van der Waals surface area contributed by atoms with Gasteiger partial charge >= 0.3 is 0 Å². The van der Waals surface area contributed by atoms with Crippen molar-refractivity contribution in [1.82, 2.24) is 4.57 Å². The van der Waals surface area contributed by atoms with Gasteiger partial charge in [-0.2, -0.15) is 0 Å². The number of imidazole rings is 1. The summed E-state index contributed by atoms with van der Waals surface area (Å²) < 4.78 is 4.11. The van der Waals surface area contributed by atoms with Crippen LogP contribution in [0.25, 0.3) is 0 Å². The lowest BCUT2D eigenvalue weighted by molar-refractivity contribution is -0.696. The van der Waals surface area contributed by atoms with Crippen LogP contribution >= 0.6 is 0 Å². The first-order valence-corrected chi connectivity index (χ1v) is 5.63. The van der Waals surface area contributed by atoms with Crippen molar-refractivity contribution >= 4 is 0 Å². The third-order valence-electron chi connectivity index (χ3n) is 2.43. The number of aliphatic hydroxyl groups is 2. The van der Waals surface area contributed by atoms with Gasteiger partial charge in [-0.25, -0.2) is 9.13 Å². The van der Waals surface area contributed by atoms with Gasteiger partial charge in [0.25, 0.3) is 0 Å². The van der Waals surface area contributed by atoms with Gasteiger partial charge < -0.3 is 22.6 Å². The van der Waals surface area contributed by atoms with E-state index in [0.29, 0.717) is 13.2 Å². The van der Waals surface area contributed by atoms with Gasteiger partial charge in [0, 0.05) is 6.61 Å². The zero-order valence-corrected chi connectivity index (χ0v) is 10.3. The first-order valence-electron chi connectivity index (χ1n) is 5.63.